The van der Waals surface area contributed by atoms with Crippen molar-refractivity contribution in [2.24, 2.45) is 11.5 Å². The van der Waals surface area contributed by atoms with Crippen molar-refractivity contribution in [2.45, 2.75) is 153 Å². The van der Waals surface area contributed by atoms with Gasteiger partial charge < -0.3 is 40.1 Å². The van der Waals surface area contributed by atoms with Crippen molar-refractivity contribution in [1.29, 1.82) is 0 Å². The third-order valence-electron chi connectivity index (χ3n) is 12.3. The minimum absolute atomic E-state index is 0.278. The van der Waals surface area contributed by atoms with Gasteiger partial charge in [0.25, 0.3) is 0 Å². The Morgan fingerprint density at radius 2 is 0.582 bits per heavy atom. The lowest BCUT2D eigenvalue weighted by Gasteiger charge is -1.97. The minimum atomic E-state index is -0.426. The maximum Gasteiger partial charge on any atom is 0.192 e. The van der Waals surface area contributed by atoms with Crippen molar-refractivity contribution in [3.8, 4) is 0 Å². The molecule has 0 bridgehead atoms. The highest BCUT2D eigenvalue weighted by Gasteiger charge is 1.99. The Morgan fingerprint density at radius 1 is 0.347 bits per heavy atom. The topological polar surface area (TPSA) is 233 Å². The molecule has 0 amide bonds. The van der Waals surface area contributed by atoms with Gasteiger partial charge in [-0.25, -0.2) is 4.57 Å². The zero-order chi connectivity index (χ0) is 73.1. The first-order valence-electron chi connectivity index (χ1n) is 34.8. The van der Waals surface area contributed by atoms with Crippen LogP contribution < -0.4 is 44.7 Å². The number of aryl methyl sites for hydroxylation is 2. The molecule has 2 heterocycles. The molecule has 526 valence electrons. The molecule has 0 atom stereocenters. The highest BCUT2D eigenvalue weighted by Crippen LogP contribution is 2.14. The van der Waals surface area contributed by atoms with E-state index in [1.54, 1.807) is 12.4 Å². The van der Waals surface area contributed by atoms with Gasteiger partial charge >= 0.3 is 0 Å². The van der Waals surface area contributed by atoms with Crippen LogP contribution in [-0.4, -0.2) is 30.1 Å². The van der Waals surface area contributed by atoms with E-state index in [4.69, 9.17) is 44.9 Å². The second kappa shape index (κ2) is 64.4. The number of anilines is 5. The van der Waals surface area contributed by atoms with E-state index in [9.17, 15) is 4.79 Å². The number of benzene rings is 7. The van der Waals surface area contributed by atoms with Crippen molar-refractivity contribution >= 4 is 89.1 Å². The molecule has 11 nitrogen and oxygen atoms in total. The molecule has 0 saturated carbocycles. The van der Waals surface area contributed by atoms with E-state index < -0.39 is 5.78 Å². The Kier molecular flexibility index (Phi) is 59.2. The number of nitrogens with zero attached hydrogens (tertiary/aromatic N) is 2. The van der Waals surface area contributed by atoms with E-state index in [1.165, 1.54) is 99.8 Å². The summed E-state index contributed by atoms with van der Waals surface area (Å²) < 4.78 is 2.23. The highest BCUT2D eigenvalue weighted by atomic mass is 16.2. The SMILES string of the molecule is CC(=O)C=O.CCC.CCC.CCC.CCC.CCCC[n+]1ccc(C=Cc2ccc(N)cc2)cc1.Cc1ccc(N)cc1.NCCCCCCCN.Nc1ccc(C=Cc2ccccc2)cc1.Nc1ccc(C=Cc2ccccc2)cc1.Nc1ccc(C=Cc2ccncc2)cc1. The highest BCUT2D eigenvalue weighted by molar-refractivity contribution is 6.23. The summed E-state index contributed by atoms with van der Waals surface area (Å²) in [5.41, 5.74) is 53.2. The fraction of sp³-hybridized carbons (Fsp3) is 0.287. The summed E-state index contributed by atoms with van der Waals surface area (Å²) in [4.78, 5) is 22.6. The molecule has 0 aliphatic carbocycles. The summed E-state index contributed by atoms with van der Waals surface area (Å²) in [5, 5.41) is 0. The van der Waals surface area contributed by atoms with Gasteiger partial charge in [-0.05, 0) is 150 Å². The van der Waals surface area contributed by atoms with Gasteiger partial charge in [-0.1, -0.05) is 289 Å². The smallest absolute Gasteiger partial charge is 0.192 e. The summed E-state index contributed by atoms with van der Waals surface area (Å²) in [6, 6.07) is 67.8. The Balaban J connectivity index is 0. The summed E-state index contributed by atoms with van der Waals surface area (Å²) in [6.45, 7) is 25.2. The van der Waals surface area contributed by atoms with Gasteiger partial charge in [0.15, 0.2) is 24.5 Å². The molecule has 0 aliphatic heterocycles. The molecular weight excluding hydrogens is 1200 g/mol. The van der Waals surface area contributed by atoms with Gasteiger partial charge in [-0.2, -0.15) is 0 Å². The predicted octanol–water partition coefficient (Wildman–Crippen LogP) is 21.1. The normalized spacial score (nSPS) is 9.77. The number of aldehydes is 1. The molecule has 0 fully saturated rings. The number of nitrogens with two attached hydrogens (primary N) is 7. The average molecular weight is 1330 g/mol. The molecule has 0 spiro atoms. The van der Waals surface area contributed by atoms with Crippen LogP contribution in [-0.2, 0) is 16.1 Å². The molecule has 98 heavy (non-hydrogen) atoms. The average Bonchev–Trinajstić information content (AvgIpc) is 3.01. The lowest BCUT2D eigenvalue weighted by atomic mass is 10.1. The Hall–Kier alpha value is -9.94. The van der Waals surface area contributed by atoms with E-state index in [1.807, 2.05) is 183 Å². The second-order valence-electron chi connectivity index (χ2n) is 22.6. The molecule has 2 aromatic heterocycles. The predicted molar refractivity (Wildman–Crippen MR) is 435 cm³/mol. The number of carbonyl (C=O) groups is 2. The number of carbonyl (C=O) groups excluding carboxylic acids is 2. The molecule has 14 N–H and O–H groups in total. The zero-order valence-corrected chi connectivity index (χ0v) is 61.3. The van der Waals surface area contributed by atoms with Gasteiger partial charge in [0.2, 0.25) is 0 Å². The van der Waals surface area contributed by atoms with E-state index in [-0.39, 0.29) is 6.29 Å². The molecular formula is C87H122N9O2+. The molecule has 9 aromatic rings. The largest absolute Gasteiger partial charge is 0.399 e. The Labute approximate surface area is 592 Å². The van der Waals surface area contributed by atoms with Crippen molar-refractivity contribution in [3.05, 3.63) is 281 Å². The van der Waals surface area contributed by atoms with Gasteiger partial charge in [0.05, 0.1) is 0 Å². The van der Waals surface area contributed by atoms with Crippen LogP contribution in [0, 0.1) is 6.92 Å². The number of Topliss-reactive ketones (excluding diaryl/α,β-unsaturated/α-hetero) is 1. The number of pyridine rings is 2. The van der Waals surface area contributed by atoms with E-state index >= 15 is 0 Å². The quantitative estimate of drug-likeness (QED) is 0.0107. The molecule has 0 saturated heterocycles. The van der Waals surface area contributed by atoms with Crippen LogP contribution in [0.1, 0.15) is 190 Å². The summed E-state index contributed by atoms with van der Waals surface area (Å²) in [5.74, 6) is -0.426. The van der Waals surface area contributed by atoms with E-state index in [0.29, 0.717) is 0 Å². The van der Waals surface area contributed by atoms with E-state index in [0.717, 1.165) is 75.9 Å². The summed E-state index contributed by atoms with van der Waals surface area (Å²) >= 11 is 0. The second-order valence-corrected chi connectivity index (χ2v) is 22.6. The summed E-state index contributed by atoms with van der Waals surface area (Å²) in [7, 11) is 0. The van der Waals surface area contributed by atoms with Gasteiger partial charge in [-0.15, -0.1) is 0 Å². The van der Waals surface area contributed by atoms with Crippen LogP contribution in [0.15, 0.2) is 231 Å². The standard InChI is InChI=1S/C17H20N2.2C14H13N.C13H12N2.C7H18N2.C7H9N.C3H4O2.4C3H8/c1-2-3-12-19-13-10-16(11-14-19)5-4-15-6-8-17(18)9-7-15;2*15-14-10-8-13(9-11-14)7-6-12-4-2-1-3-5-12;14-13-5-3-11(4-6-13)1-2-12-7-9-15-10-8-12;8-6-4-2-1-3-5-7-9;1-6-2-4-7(8)5-3-6;1-3(5)2-4;4*1-3-2/h4-11,13-14,18H,2-3,12H2,1H3;2*1-11H,15H2;1-10H,14H2;1-9H2;2-5H,8H2,1H3;2H,1H3;4*3H2,1-2H3/p+1. The van der Waals surface area contributed by atoms with Crippen LogP contribution in [0.25, 0.3) is 48.6 Å². The third kappa shape index (κ3) is 55.4. The first-order valence-corrected chi connectivity index (χ1v) is 34.8. The molecule has 0 aliphatic rings. The monoisotopic (exact) mass is 1320 g/mol. The Morgan fingerprint density at radius 3 is 0.827 bits per heavy atom. The van der Waals surface area contributed by atoms with Gasteiger partial charge in [-0.3, -0.25) is 14.6 Å². The van der Waals surface area contributed by atoms with Crippen LogP contribution in [0.3, 0.4) is 0 Å². The lowest BCUT2D eigenvalue weighted by molar-refractivity contribution is -0.697. The number of hydrogen-bond donors (Lipinski definition) is 7. The van der Waals surface area contributed by atoms with E-state index in [2.05, 4.69) is 163 Å². The molecule has 9 rings (SSSR count). The fourth-order valence-electron chi connectivity index (χ4n) is 7.26. The van der Waals surface area contributed by atoms with Crippen LogP contribution in [0.4, 0.5) is 28.4 Å². The number of nitrogen functional groups attached to an aromatic ring is 5. The number of rotatable bonds is 18. The first-order chi connectivity index (χ1) is 47.4. The third-order valence-corrected chi connectivity index (χ3v) is 12.3. The lowest BCUT2D eigenvalue weighted by Crippen LogP contribution is -2.32. The number of unbranched alkanes of at least 4 members (excludes halogenated alkanes) is 5. The van der Waals surface area contributed by atoms with Crippen molar-refractivity contribution in [1.82, 2.24) is 4.98 Å². The number of aromatic nitrogens is 2. The van der Waals surface area contributed by atoms with Gasteiger partial charge in [0.1, 0.15) is 6.54 Å². The number of hydrogen-bond acceptors (Lipinski definition) is 10. The molecule has 7 aromatic carbocycles. The van der Waals surface area contributed by atoms with Gasteiger partial charge in [0, 0.05) is 66.3 Å². The van der Waals surface area contributed by atoms with Crippen LogP contribution in [0.5, 0.6) is 0 Å². The zero-order valence-electron chi connectivity index (χ0n) is 61.3. The van der Waals surface area contributed by atoms with Crippen LogP contribution in [0.2, 0.25) is 0 Å². The minimum Gasteiger partial charge on any atom is -0.399 e. The fourth-order valence-corrected chi connectivity index (χ4v) is 7.26. The number of ketones is 1. The molecule has 0 unspecified atom stereocenters. The van der Waals surface area contributed by atoms with Crippen molar-refractivity contribution in [3.63, 3.8) is 0 Å². The van der Waals surface area contributed by atoms with Crippen molar-refractivity contribution < 1.29 is 14.2 Å². The van der Waals surface area contributed by atoms with Crippen molar-refractivity contribution in [2.75, 3.05) is 41.8 Å². The summed E-state index contributed by atoms with van der Waals surface area (Å²) in [6.07, 6.45) is 38.4. The van der Waals surface area contributed by atoms with Crippen LogP contribution >= 0.6 is 0 Å². The maximum absolute atomic E-state index is 9.44. The maximum atomic E-state index is 9.44. The Bertz CT molecular complexity index is 3100. The molecule has 11 heteroatoms. The molecule has 0 radical (unpaired) electrons. The first kappa shape index (κ1) is 90.1.